The summed E-state index contributed by atoms with van der Waals surface area (Å²) >= 11 is 0. The van der Waals surface area contributed by atoms with E-state index in [2.05, 4.69) is 56.1 Å². The topological polar surface area (TPSA) is 24.5 Å². The fraction of sp³-hybridized carbons (Fsp3) is 0.667. The molecule has 0 aromatic heterocycles. The molecule has 3 heteroatoms. The van der Waals surface area contributed by atoms with Crippen molar-refractivity contribution in [1.82, 2.24) is 10.2 Å². The van der Waals surface area contributed by atoms with Crippen LogP contribution in [0.5, 0.6) is 0 Å². The van der Waals surface area contributed by atoms with Crippen LogP contribution in [0.15, 0.2) is 18.2 Å². The minimum atomic E-state index is 0.290. The maximum absolute atomic E-state index is 6.06. The molecule has 0 spiro atoms. The summed E-state index contributed by atoms with van der Waals surface area (Å²) in [7, 11) is 0. The van der Waals surface area contributed by atoms with Gasteiger partial charge in [-0.3, -0.25) is 4.90 Å². The van der Waals surface area contributed by atoms with Gasteiger partial charge in [-0.05, 0) is 44.5 Å². The highest BCUT2D eigenvalue weighted by Gasteiger charge is 2.27. The smallest absolute Gasteiger partial charge is 0.0858 e. The molecule has 1 fully saturated rings. The normalized spacial score (nSPS) is 21.4. The van der Waals surface area contributed by atoms with Crippen LogP contribution in [0.4, 0.5) is 0 Å². The van der Waals surface area contributed by atoms with Crippen LogP contribution in [0, 0.1) is 13.8 Å². The molecular weight excluding hydrogens is 260 g/mol. The summed E-state index contributed by atoms with van der Waals surface area (Å²) in [5.74, 6) is 0. The average Bonchev–Trinajstić information content (AvgIpc) is 2.50. The first-order valence-electron chi connectivity index (χ1n) is 8.27. The summed E-state index contributed by atoms with van der Waals surface area (Å²) in [5.41, 5.74) is 4.16. The number of morpholine rings is 1. The van der Waals surface area contributed by atoms with E-state index in [9.17, 15) is 0 Å². The number of nitrogens with one attached hydrogen (secondary N) is 1. The van der Waals surface area contributed by atoms with Crippen molar-refractivity contribution in [3.8, 4) is 0 Å². The first kappa shape index (κ1) is 16.5. The van der Waals surface area contributed by atoms with Gasteiger partial charge >= 0.3 is 0 Å². The van der Waals surface area contributed by atoms with E-state index in [1.807, 2.05) is 0 Å². The van der Waals surface area contributed by atoms with Crippen molar-refractivity contribution in [3.63, 3.8) is 0 Å². The highest BCUT2D eigenvalue weighted by molar-refractivity contribution is 5.31. The maximum atomic E-state index is 6.06. The van der Waals surface area contributed by atoms with Crippen molar-refractivity contribution in [3.05, 3.63) is 34.9 Å². The highest BCUT2D eigenvalue weighted by atomic mass is 16.5. The first-order valence-corrected chi connectivity index (χ1v) is 8.27. The van der Waals surface area contributed by atoms with Crippen LogP contribution in [0.2, 0.25) is 0 Å². The minimum absolute atomic E-state index is 0.290. The molecule has 1 saturated heterocycles. The van der Waals surface area contributed by atoms with Crippen LogP contribution >= 0.6 is 0 Å². The molecule has 3 nitrogen and oxygen atoms in total. The third-order valence-corrected chi connectivity index (χ3v) is 4.48. The quantitative estimate of drug-likeness (QED) is 0.871. The van der Waals surface area contributed by atoms with Crippen molar-refractivity contribution in [2.24, 2.45) is 0 Å². The van der Waals surface area contributed by atoms with E-state index in [4.69, 9.17) is 4.74 Å². The molecule has 0 aliphatic carbocycles. The van der Waals surface area contributed by atoms with Crippen LogP contribution in [0.25, 0.3) is 0 Å². The number of hydrogen-bond donors (Lipinski definition) is 1. The van der Waals surface area contributed by atoms with Gasteiger partial charge < -0.3 is 10.1 Å². The molecule has 1 aliphatic rings. The maximum Gasteiger partial charge on any atom is 0.0858 e. The lowest BCUT2D eigenvalue weighted by Crippen LogP contribution is -2.53. The summed E-state index contributed by atoms with van der Waals surface area (Å²) in [4.78, 5) is 2.49. The zero-order valence-corrected chi connectivity index (χ0v) is 14.0. The average molecular weight is 290 g/mol. The summed E-state index contributed by atoms with van der Waals surface area (Å²) in [6, 6.07) is 7.13. The fourth-order valence-corrected chi connectivity index (χ4v) is 3.12. The van der Waals surface area contributed by atoms with E-state index in [1.54, 1.807) is 0 Å². The third-order valence-electron chi connectivity index (χ3n) is 4.48. The second-order valence-electron chi connectivity index (χ2n) is 6.10. The number of rotatable bonds is 6. The molecular formula is C18H30N2O. The molecule has 0 amide bonds. The van der Waals surface area contributed by atoms with Gasteiger partial charge in [0.25, 0.3) is 0 Å². The molecule has 1 aromatic rings. The third kappa shape index (κ3) is 4.53. The molecule has 2 rings (SSSR count). The predicted molar refractivity (Wildman–Crippen MR) is 88.9 cm³/mol. The van der Waals surface area contributed by atoms with Gasteiger partial charge in [0.2, 0.25) is 0 Å². The van der Waals surface area contributed by atoms with Crippen molar-refractivity contribution < 1.29 is 4.74 Å². The van der Waals surface area contributed by atoms with Gasteiger partial charge in [0, 0.05) is 19.1 Å². The zero-order chi connectivity index (χ0) is 15.2. The van der Waals surface area contributed by atoms with Crippen molar-refractivity contribution in [2.45, 2.75) is 46.3 Å². The molecule has 0 bridgehead atoms. The summed E-state index contributed by atoms with van der Waals surface area (Å²) < 4.78 is 6.06. The van der Waals surface area contributed by atoms with E-state index in [0.29, 0.717) is 12.1 Å². The van der Waals surface area contributed by atoms with Crippen LogP contribution in [0.1, 0.15) is 30.5 Å². The fourth-order valence-electron chi connectivity index (χ4n) is 3.12. The summed E-state index contributed by atoms with van der Waals surface area (Å²) in [5, 5.41) is 3.64. The SMILES string of the molecule is CCNC(Cc1cc(C)ccc1C)C1CN(CC)CCO1. The van der Waals surface area contributed by atoms with Crippen molar-refractivity contribution in [2.75, 3.05) is 32.8 Å². The van der Waals surface area contributed by atoms with E-state index in [1.165, 1.54) is 16.7 Å². The first-order chi connectivity index (χ1) is 10.1. The Morgan fingerprint density at radius 1 is 1.33 bits per heavy atom. The second-order valence-corrected chi connectivity index (χ2v) is 6.10. The largest absolute Gasteiger partial charge is 0.374 e. The van der Waals surface area contributed by atoms with E-state index >= 15 is 0 Å². The van der Waals surface area contributed by atoms with Gasteiger partial charge in [-0.1, -0.05) is 37.6 Å². The van der Waals surface area contributed by atoms with Crippen LogP contribution in [-0.2, 0) is 11.2 Å². The molecule has 1 heterocycles. The molecule has 1 aromatic carbocycles. The lowest BCUT2D eigenvalue weighted by atomic mass is 9.95. The van der Waals surface area contributed by atoms with Crippen molar-refractivity contribution in [1.29, 1.82) is 0 Å². The van der Waals surface area contributed by atoms with Crippen LogP contribution in [0.3, 0.4) is 0 Å². The molecule has 21 heavy (non-hydrogen) atoms. The number of benzene rings is 1. The molecule has 0 radical (unpaired) electrons. The Bertz CT molecular complexity index is 447. The Morgan fingerprint density at radius 3 is 2.86 bits per heavy atom. The Labute approximate surface area is 129 Å². The standard InChI is InChI=1S/C18H30N2O/c1-5-19-17(18-13-20(6-2)9-10-21-18)12-16-11-14(3)7-8-15(16)4/h7-8,11,17-19H,5-6,9-10,12-13H2,1-4H3. The minimum Gasteiger partial charge on any atom is -0.374 e. The Balaban J connectivity index is 2.09. The van der Waals surface area contributed by atoms with Gasteiger partial charge in [-0.15, -0.1) is 0 Å². The Kier molecular flexibility index (Phi) is 6.22. The second kappa shape index (κ2) is 7.92. The van der Waals surface area contributed by atoms with E-state index in [-0.39, 0.29) is 0 Å². The van der Waals surface area contributed by atoms with Gasteiger partial charge in [0.1, 0.15) is 0 Å². The Hall–Kier alpha value is -0.900. The molecule has 0 saturated carbocycles. The Morgan fingerprint density at radius 2 is 2.14 bits per heavy atom. The van der Waals surface area contributed by atoms with Gasteiger partial charge in [-0.2, -0.15) is 0 Å². The number of hydrogen-bond acceptors (Lipinski definition) is 3. The molecule has 2 unspecified atom stereocenters. The highest BCUT2D eigenvalue weighted by Crippen LogP contribution is 2.17. The lowest BCUT2D eigenvalue weighted by molar-refractivity contribution is -0.0445. The molecule has 2 atom stereocenters. The van der Waals surface area contributed by atoms with Crippen LogP contribution < -0.4 is 5.32 Å². The number of aryl methyl sites for hydroxylation is 2. The monoisotopic (exact) mass is 290 g/mol. The van der Waals surface area contributed by atoms with Gasteiger partial charge in [0.05, 0.1) is 12.7 Å². The van der Waals surface area contributed by atoms with Crippen LogP contribution in [-0.4, -0.2) is 49.8 Å². The van der Waals surface area contributed by atoms with Crippen molar-refractivity contribution >= 4 is 0 Å². The predicted octanol–water partition coefficient (Wildman–Crippen LogP) is 2.54. The van der Waals surface area contributed by atoms with E-state index in [0.717, 1.165) is 39.2 Å². The molecule has 118 valence electrons. The number of likely N-dealkylation sites (N-methyl/N-ethyl adjacent to an activating group) is 2. The lowest BCUT2D eigenvalue weighted by Gasteiger charge is -2.37. The number of ether oxygens (including phenoxy) is 1. The molecule has 1 aliphatic heterocycles. The summed E-state index contributed by atoms with van der Waals surface area (Å²) in [6.45, 7) is 13.8. The van der Waals surface area contributed by atoms with Gasteiger partial charge in [-0.25, -0.2) is 0 Å². The zero-order valence-electron chi connectivity index (χ0n) is 14.0. The number of nitrogens with zero attached hydrogens (tertiary/aromatic N) is 1. The summed E-state index contributed by atoms with van der Waals surface area (Å²) in [6.07, 6.45) is 1.34. The van der Waals surface area contributed by atoms with E-state index < -0.39 is 0 Å². The van der Waals surface area contributed by atoms with Gasteiger partial charge in [0.15, 0.2) is 0 Å². The molecule has 1 N–H and O–H groups in total.